The number of aryl methyl sites for hydroxylation is 1. The molecule has 1 N–H and O–H groups in total. The Morgan fingerprint density at radius 1 is 1.17 bits per heavy atom. The van der Waals surface area contributed by atoms with Crippen molar-refractivity contribution in [1.82, 2.24) is 9.78 Å². The zero-order valence-electron chi connectivity index (χ0n) is 16.2. The highest BCUT2D eigenvalue weighted by Gasteiger charge is 2.22. The molecule has 0 aliphatic carbocycles. The number of rotatable bonds is 4. The fourth-order valence-corrected chi connectivity index (χ4v) is 3.22. The molecule has 3 rings (SSSR count). The van der Waals surface area contributed by atoms with Crippen molar-refractivity contribution < 1.29 is 9.59 Å². The second-order valence-corrected chi connectivity index (χ2v) is 7.45. The number of halogens is 2. The Kier molecular flexibility index (Phi) is 6.00. The molecule has 0 atom stereocenters. The Bertz CT molecular complexity index is 1100. The van der Waals surface area contributed by atoms with Gasteiger partial charge in [0, 0.05) is 17.8 Å². The number of aliphatic imine (C=N–C) groups is 2. The molecule has 9 heteroatoms. The van der Waals surface area contributed by atoms with Crippen LogP contribution in [0, 0.1) is 13.8 Å². The topological polar surface area (TPSA) is 88.7 Å². The normalized spacial score (nSPS) is 14.0. The summed E-state index contributed by atoms with van der Waals surface area (Å²) in [4.78, 5) is 32.5. The molecular weight excluding hydrogens is 413 g/mol. The third kappa shape index (κ3) is 4.46. The molecule has 1 aromatic heterocycles. The third-order valence-electron chi connectivity index (χ3n) is 4.60. The van der Waals surface area contributed by atoms with E-state index < -0.39 is 5.91 Å². The molecule has 2 amide bonds. The molecule has 1 aliphatic heterocycles. The monoisotopic (exact) mass is 431 g/mol. The summed E-state index contributed by atoms with van der Waals surface area (Å²) in [7, 11) is 0. The molecule has 0 radical (unpaired) electrons. The molecular formula is C20H19Cl2N5O2. The quantitative estimate of drug-likeness (QED) is 0.737. The predicted molar refractivity (Wildman–Crippen MR) is 115 cm³/mol. The van der Waals surface area contributed by atoms with Crippen LogP contribution >= 0.6 is 23.2 Å². The van der Waals surface area contributed by atoms with Gasteiger partial charge in [-0.05, 0) is 51.0 Å². The van der Waals surface area contributed by atoms with Crippen LogP contribution in [0.25, 0.3) is 0 Å². The minimum absolute atomic E-state index is 0.162. The van der Waals surface area contributed by atoms with Crippen LogP contribution in [-0.4, -0.2) is 33.3 Å². The molecule has 0 saturated carbocycles. The molecule has 2 aromatic rings. The summed E-state index contributed by atoms with van der Waals surface area (Å²) >= 11 is 11.9. The predicted octanol–water partition coefficient (Wildman–Crippen LogP) is 4.14. The van der Waals surface area contributed by atoms with Crippen molar-refractivity contribution in [3.8, 4) is 0 Å². The van der Waals surface area contributed by atoms with Crippen LogP contribution in [0.2, 0.25) is 10.0 Å². The van der Waals surface area contributed by atoms with E-state index in [9.17, 15) is 9.59 Å². The molecule has 2 heterocycles. The lowest BCUT2D eigenvalue weighted by Gasteiger charge is -2.11. The molecule has 0 fully saturated rings. The Morgan fingerprint density at radius 3 is 2.55 bits per heavy atom. The van der Waals surface area contributed by atoms with E-state index in [0.717, 1.165) is 17.0 Å². The lowest BCUT2D eigenvalue weighted by Crippen LogP contribution is -2.23. The van der Waals surface area contributed by atoms with Crippen LogP contribution in [0.1, 0.15) is 30.3 Å². The maximum Gasteiger partial charge on any atom is 0.281 e. The Balaban J connectivity index is 1.73. The van der Waals surface area contributed by atoms with Crippen LogP contribution in [0.5, 0.6) is 0 Å². The Hall–Kier alpha value is -2.77. The average Bonchev–Trinajstić information content (AvgIpc) is 2.94. The second-order valence-electron chi connectivity index (χ2n) is 6.63. The van der Waals surface area contributed by atoms with E-state index in [1.807, 2.05) is 13.8 Å². The minimum atomic E-state index is -0.428. The molecule has 0 spiro atoms. The maximum absolute atomic E-state index is 12.3. The number of hydrogen-bond donors (Lipinski definition) is 1. The first-order chi connectivity index (χ1) is 13.7. The number of aromatic nitrogens is 2. The highest BCUT2D eigenvalue weighted by molar-refractivity contribution is 6.42. The summed E-state index contributed by atoms with van der Waals surface area (Å²) in [5.74, 6) is -0.389. The van der Waals surface area contributed by atoms with E-state index in [1.165, 1.54) is 4.68 Å². The van der Waals surface area contributed by atoms with Crippen molar-refractivity contribution in [2.75, 3.05) is 5.32 Å². The number of nitrogens with one attached hydrogen (secondary N) is 1. The number of carbonyl (C=O) groups is 2. The molecule has 1 aliphatic rings. The van der Waals surface area contributed by atoms with Crippen molar-refractivity contribution >= 4 is 52.4 Å². The van der Waals surface area contributed by atoms with Gasteiger partial charge in [0.25, 0.3) is 11.9 Å². The standard InChI is InChI=1S/C20H19Cl2N5O2/c1-10-11(2)23-20(25-19(10)29)27-13(4)15(12(3)26-27)6-8-18(28)24-14-5-7-16(21)17(22)9-14/h5,7,9H,1,6,8H2,2-4H3,(H,24,28). The zero-order valence-corrected chi connectivity index (χ0v) is 17.7. The lowest BCUT2D eigenvalue weighted by molar-refractivity contribution is -0.116. The Morgan fingerprint density at radius 2 is 1.90 bits per heavy atom. The number of anilines is 1. The van der Waals surface area contributed by atoms with E-state index in [4.69, 9.17) is 23.2 Å². The summed E-state index contributed by atoms with van der Waals surface area (Å²) in [6, 6.07) is 4.91. The van der Waals surface area contributed by atoms with Crippen LogP contribution < -0.4 is 5.32 Å². The summed E-state index contributed by atoms with van der Waals surface area (Å²) in [5, 5.41) is 8.04. The van der Waals surface area contributed by atoms with Gasteiger partial charge in [-0.25, -0.2) is 9.67 Å². The Labute approximate surface area is 178 Å². The number of hydrogen-bond acceptors (Lipinski definition) is 4. The van der Waals surface area contributed by atoms with E-state index in [-0.39, 0.29) is 23.9 Å². The van der Waals surface area contributed by atoms with Gasteiger partial charge in [0.15, 0.2) is 0 Å². The third-order valence-corrected chi connectivity index (χ3v) is 5.34. The number of carbonyl (C=O) groups excluding carboxylic acids is 2. The zero-order chi connectivity index (χ0) is 21.3. The number of amides is 2. The largest absolute Gasteiger partial charge is 0.326 e. The molecule has 7 nitrogen and oxygen atoms in total. The highest BCUT2D eigenvalue weighted by atomic mass is 35.5. The molecule has 0 saturated heterocycles. The van der Waals surface area contributed by atoms with Gasteiger partial charge in [-0.15, -0.1) is 0 Å². The maximum atomic E-state index is 12.3. The van der Waals surface area contributed by atoms with Gasteiger partial charge in [0.05, 0.1) is 27.0 Å². The fraction of sp³-hybridized carbons (Fsp3) is 0.250. The van der Waals surface area contributed by atoms with Crippen LogP contribution in [0.3, 0.4) is 0 Å². The van der Waals surface area contributed by atoms with Gasteiger partial charge in [-0.1, -0.05) is 29.8 Å². The molecule has 29 heavy (non-hydrogen) atoms. The first-order valence-corrected chi connectivity index (χ1v) is 9.61. The van der Waals surface area contributed by atoms with Crippen molar-refractivity contribution in [1.29, 1.82) is 0 Å². The second kappa shape index (κ2) is 8.31. The minimum Gasteiger partial charge on any atom is -0.326 e. The summed E-state index contributed by atoms with van der Waals surface area (Å²) in [5.41, 5.74) is 3.79. The van der Waals surface area contributed by atoms with Crippen molar-refractivity contribution in [2.24, 2.45) is 9.98 Å². The molecule has 0 bridgehead atoms. The fourth-order valence-electron chi connectivity index (χ4n) is 2.92. The first kappa shape index (κ1) is 21.0. The summed E-state index contributed by atoms with van der Waals surface area (Å²) in [6.45, 7) is 9.07. The average molecular weight is 432 g/mol. The summed E-state index contributed by atoms with van der Waals surface area (Å²) in [6.07, 6.45) is 0.722. The lowest BCUT2D eigenvalue weighted by atomic mass is 10.1. The number of nitrogens with zero attached hydrogens (tertiary/aromatic N) is 4. The van der Waals surface area contributed by atoms with E-state index >= 15 is 0 Å². The van der Waals surface area contributed by atoms with E-state index in [1.54, 1.807) is 25.1 Å². The van der Waals surface area contributed by atoms with Gasteiger partial charge in [-0.3, -0.25) is 9.59 Å². The number of benzene rings is 1. The van der Waals surface area contributed by atoms with Gasteiger partial charge >= 0.3 is 0 Å². The summed E-state index contributed by atoms with van der Waals surface area (Å²) < 4.78 is 1.52. The molecule has 1 aromatic carbocycles. The van der Waals surface area contributed by atoms with Crippen molar-refractivity contribution in [2.45, 2.75) is 33.6 Å². The molecule has 150 valence electrons. The van der Waals surface area contributed by atoms with Gasteiger partial charge in [0.1, 0.15) is 0 Å². The highest BCUT2D eigenvalue weighted by Crippen LogP contribution is 2.25. The SMILES string of the molecule is C=C1C(=O)N=C(n2nc(C)c(CCC(=O)Nc3ccc(Cl)c(Cl)c3)c2C)N=C1C. The van der Waals surface area contributed by atoms with E-state index in [2.05, 4.69) is 27.0 Å². The van der Waals surface area contributed by atoms with E-state index in [0.29, 0.717) is 27.9 Å². The van der Waals surface area contributed by atoms with Crippen LogP contribution in [-0.2, 0) is 16.0 Å². The van der Waals surface area contributed by atoms with Crippen LogP contribution in [0.15, 0.2) is 40.3 Å². The van der Waals surface area contributed by atoms with Crippen molar-refractivity contribution in [3.63, 3.8) is 0 Å². The van der Waals surface area contributed by atoms with Crippen molar-refractivity contribution in [3.05, 3.63) is 57.3 Å². The first-order valence-electron chi connectivity index (χ1n) is 8.85. The van der Waals surface area contributed by atoms with Crippen LogP contribution in [0.4, 0.5) is 5.69 Å². The van der Waals surface area contributed by atoms with Gasteiger partial charge < -0.3 is 5.32 Å². The smallest absolute Gasteiger partial charge is 0.281 e. The molecule has 0 unspecified atom stereocenters. The van der Waals surface area contributed by atoms with Gasteiger partial charge in [-0.2, -0.15) is 10.1 Å². The van der Waals surface area contributed by atoms with Gasteiger partial charge in [0.2, 0.25) is 5.91 Å².